The fourth-order valence-electron chi connectivity index (χ4n) is 2.75. The van der Waals surface area contributed by atoms with Gasteiger partial charge in [-0.25, -0.2) is 14.6 Å². The Morgan fingerprint density at radius 3 is 2.36 bits per heavy atom. The number of rotatable bonds is 3. The Labute approximate surface area is 144 Å². The van der Waals surface area contributed by atoms with Gasteiger partial charge in [0.25, 0.3) is 0 Å². The van der Waals surface area contributed by atoms with Crippen LogP contribution in [-0.4, -0.2) is 52.2 Å². The van der Waals surface area contributed by atoms with Crippen LogP contribution in [0.5, 0.6) is 5.88 Å². The van der Waals surface area contributed by atoms with Crippen LogP contribution in [0.4, 0.5) is 0 Å². The Morgan fingerprint density at radius 2 is 1.84 bits per heavy atom. The molecule has 2 fully saturated rings. The Bertz CT molecular complexity index is 580. The topological polar surface area (TPSA) is 141 Å². The quantitative estimate of drug-likeness (QED) is 0.671. The summed E-state index contributed by atoms with van der Waals surface area (Å²) in [7, 11) is 0. The summed E-state index contributed by atoms with van der Waals surface area (Å²) in [4.78, 5) is 22.4. The molecule has 9 nitrogen and oxygen atoms in total. The van der Waals surface area contributed by atoms with Gasteiger partial charge in [0.1, 0.15) is 6.10 Å². The van der Waals surface area contributed by atoms with Gasteiger partial charge in [-0.05, 0) is 24.5 Å². The minimum Gasteiger partial charge on any atom is -0.474 e. The van der Waals surface area contributed by atoms with Crippen LogP contribution < -0.4 is 10.5 Å². The van der Waals surface area contributed by atoms with Gasteiger partial charge in [0.2, 0.25) is 5.88 Å². The van der Waals surface area contributed by atoms with E-state index in [-0.39, 0.29) is 11.9 Å². The van der Waals surface area contributed by atoms with Gasteiger partial charge in [-0.15, -0.1) is 0 Å². The van der Waals surface area contributed by atoms with Crippen LogP contribution in [0.15, 0.2) is 18.3 Å². The van der Waals surface area contributed by atoms with Crippen molar-refractivity contribution >= 4 is 11.9 Å². The highest BCUT2D eigenvalue weighted by Crippen LogP contribution is 2.36. The fraction of sp³-hybridized carbons (Fsp3) is 0.562. The monoisotopic (exact) mass is 354 g/mol. The third-order valence-electron chi connectivity index (χ3n) is 4.01. The van der Waals surface area contributed by atoms with Crippen LogP contribution in [0.3, 0.4) is 0 Å². The molecule has 0 atom stereocenters. The number of hydrogen-bond acceptors (Lipinski definition) is 7. The summed E-state index contributed by atoms with van der Waals surface area (Å²) in [6, 6.07) is 3.82. The van der Waals surface area contributed by atoms with Gasteiger partial charge < -0.3 is 30.2 Å². The molecule has 0 radical (unpaired) electrons. The number of carboxylic acids is 2. The van der Waals surface area contributed by atoms with Crippen molar-refractivity contribution in [3.63, 3.8) is 0 Å². The normalized spacial score (nSPS) is 19.1. The minimum atomic E-state index is -1.82. The minimum absolute atomic E-state index is 0.193. The molecule has 1 aliphatic carbocycles. The summed E-state index contributed by atoms with van der Waals surface area (Å²) in [6.45, 7) is 1.94. The summed E-state index contributed by atoms with van der Waals surface area (Å²) in [5.74, 6) is -3.31. The molecule has 4 N–H and O–H groups in total. The van der Waals surface area contributed by atoms with E-state index in [9.17, 15) is 0 Å². The summed E-state index contributed by atoms with van der Waals surface area (Å²) in [5, 5.41) is 14.8. The van der Waals surface area contributed by atoms with Gasteiger partial charge in [0.05, 0.1) is 13.2 Å². The van der Waals surface area contributed by atoms with Gasteiger partial charge in [-0.1, -0.05) is 0 Å². The highest BCUT2D eigenvalue weighted by atomic mass is 16.7. The number of pyridine rings is 1. The second-order valence-corrected chi connectivity index (χ2v) is 5.74. The van der Waals surface area contributed by atoms with Crippen molar-refractivity contribution in [1.29, 1.82) is 0 Å². The van der Waals surface area contributed by atoms with E-state index in [1.165, 1.54) is 0 Å². The van der Waals surface area contributed by atoms with E-state index in [0.717, 1.165) is 31.2 Å². The molecule has 25 heavy (non-hydrogen) atoms. The molecule has 0 amide bonds. The zero-order valence-corrected chi connectivity index (χ0v) is 13.7. The lowest BCUT2D eigenvalue weighted by molar-refractivity contribution is -0.186. The number of nitrogens with two attached hydrogens (primary N) is 1. The Balaban J connectivity index is 0.000000326. The predicted octanol–water partition coefficient (Wildman–Crippen LogP) is 0.760. The van der Waals surface area contributed by atoms with Gasteiger partial charge in [0.15, 0.2) is 5.79 Å². The van der Waals surface area contributed by atoms with E-state index < -0.39 is 11.9 Å². The number of carboxylic acid groups (broad SMARTS) is 2. The molecule has 2 heterocycles. The van der Waals surface area contributed by atoms with Crippen molar-refractivity contribution in [3.05, 3.63) is 23.9 Å². The van der Waals surface area contributed by atoms with Gasteiger partial charge >= 0.3 is 11.9 Å². The van der Waals surface area contributed by atoms with E-state index in [0.29, 0.717) is 25.6 Å². The molecular formula is C16H22N2O7. The lowest BCUT2D eigenvalue weighted by atomic mass is 9.92. The Hall–Kier alpha value is -2.23. The van der Waals surface area contributed by atoms with Crippen molar-refractivity contribution in [2.75, 3.05) is 13.2 Å². The first kappa shape index (κ1) is 19.1. The maximum absolute atomic E-state index is 9.10. The average Bonchev–Trinajstić information content (AvgIpc) is 3.06. The maximum atomic E-state index is 9.10. The van der Waals surface area contributed by atoms with Crippen molar-refractivity contribution in [2.24, 2.45) is 5.73 Å². The molecule has 1 spiro atoms. The molecule has 3 rings (SSSR count). The SMILES string of the molecule is NCc1ccnc(OC2CCC3(CC2)OCCO3)c1.O=C(O)C(=O)O. The van der Waals surface area contributed by atoms with E-state index in [1.54, 1.807) is 6.20 Å². The third-order valence-corrected chi connectivity index (χ3v) is 4.01. The van der Waals surface area contributed by atoms with E-state index >= 15 is 0 Å². The zero-order chi connectivity index (χ0) is 18.3. The molecule has 1 aromatic rings. The lowest BCUT2D eigenvalue weighted by Gasteiger charge is -2.35. The molecule has 9 heteroatoms. The fourth-order valence-corrected chi connectivity index (χ4v) is 2.75. The lowest BCUT2D eigenvalue weighted by Crippen LogP contribution is -2.38. The molecule has 1 saturated carbocycles. The molecule has 138 valence electrons. The first-order chi connectivity index (χ1) is 11.9. The summed E-state index contributed by atoms with van der Waals surface area (Å²) < 4.78 is 17.3. The van der Waals surface area contributed by atoms with E-state index in [4.69, 9.17) is 39.7 Å². The molecule has 1 saturated heterocycles. The second-order valence-electron chi connectivity index (χ2n) is 5.74. The molecular weight excluding hydrogens is 332 g/mol. The standard InChI is InChI=1S/C14H20N2O3.C2H2O4/c15-10-11-3-6-16-13(9-11)19-12-1-4-14(5-2-12)17-7-8-18-14;3-1(4)2(5)6/h3,6,9,12H,1-2,4-5,7-8,10,15H2;(H,3,4)(H,5,6). The summed E-state index contributed by atoms with van der Waals surface area (Å²) in [5.41, 5.74) is 6.66. The zero-order valence-electron chi connectivity index (χ0n) is 13.7. The van der Waals surface area contributed by atoms with Gasteiger partial charge in [-0.3, -0.25) is 0 Å². The van der Waals surface area contributed by atoms with E-state index in [1.807, 2.05) is 12.1 Å². The van der Waals surface area contributed by atoms with Crippen molar-refractivity contribution in [3.8, 4) is 5.88 Å². The molecule has 1 aromatic heterocycles. The van der Waals surface area contributed by atoms with Crippen molar-refractivity contribution in [2.45, 2.75) is 44.1 Å². The molecule has 1 aliphatic heterocycles. The van der Waals surface area contributed by atoms with Crippen molar-refractivity contribution in [1.82, 2.24) is 4.98 Å². The van der Waals surface area contributed by atoms with Crippen molar-refractivity contribution < 1.29 is 34.0 Å². The highest BCUT2D eigenvalue weighted by molar-refractivity contribution is 6.27. The first-order valence-electron chi connectivity index (χ1n) is 8.00. The summed E-state index contributed by atoms with van der Waals surface area (Å²) in [6.07, 6.45) is 5.61. The van der Waals surface area contributed by atoms with Crippen LogP contribution in [0.2, 0.25) is 0 Å². The molecule has 0 unspecified atom stereocenters. The largest absolute Gasteiger partial charge is 0.474 e. The summed E-state index contributed by atoms with van der Waals surface area (Å²) >= 11 is 0. The second kappa shape index (κ2) is 8.75. The van der Waals surface area contributed by atoms with Crippen LogP contribution >= 0.6 is 0 Å². The number of carbonyl (C=O) groups is 2. The van der Waals surface area contributed by atoms with Crippen LogP contribution in [-0.2, 0) is 25.6 Å². The first-order valence-corrected chi connectivity index (χ1v) is 8.00. The number of ether oxygens (including phenoxy) is 3. The van der Waals surface area contributed by atoms with Crippen LogP contribution in [0, 0.1) is 0 Å². The molecule has 0 bridgehead atoms. The molecule has 2 aliphatic rings. The van der Waals surface area contributed by atoms with Gasteiger partial charge in [-0.2, -0.15) is 0 Å². The Kier molecular flexibility index (Phi) is 6.68. The third kappa shape index (κ3) is 5.66. The van der Waals surface area contributed by atoms with E-state index in [2.05, 4.69) is 4.98 Å². The number of aliphatic carboxylic acids is 2. The molecule has 0 aromatic carbocycles. The number of nitrogens with zero attached hydrogens (tertiary/aromatic N) is 1. The van der Waals surface area contributed by atoms with Gasteiger partial charge in [0, 0.05) is 31.6 Å². The average molecular weight is 354 g/mol. The highest BCUT2D eigenvalue weighted by Gasteiger charge is 2.40. The smallest absolute Gasteiger partial charge is 0.414 e. The number of hydrogen-bond donors (Lipinski definition) is 3. The van der Waals surface area contributed by atoms with Crippen LogP contribution in [0.1, 0.15) is 31.2 Å². The van der Waals surface area contributed by atoms with Crippen LogP contribution in [0.25, 0.3) is 0 Å². The Morgan fingerprint density at radius 1 is 1.24 bits per heavy atom. The number of aromatic nitrogens is 1. The predicted molar refractivity (Wildman–Crippen MR) is 84.9 cm³/mol. The maximum Gasteiger partial charge on any atom is 0.414 e.